The summed E-state index contributed by atoms with van der Waals surface area (Å²) in [4.78, 5) is 15.0. The van der Waals surface area contributed by atoms with Crippen molar-refractivity contribution in [1.29, 1.82) is 0 Å². The summed E-state index contributed by atoms with van der Waals surface area (Å²) < 4.78 is 36.5. The predicted octanol–water partition coefficient (Wildman–Crippen LogP) is 4.08. The van der Waals surface area contributed by atoms with Gasteiger partial charge in [-0.25, -0.2) is 9.18 Å². The van der Waals surface area contributed by atoms with Crippen molar-refractivity contribution in [2.24, 2.45) is 7.05 Å². The number of fused-ring (bicyclic) bond motifs is 3. The number of aromatic nitrogens is 5. The van der Waals surface area contributed by atoms with Crippen LogP contribution in [0, 0.1) is 5.82 Å². The lowest BCUT2D eigenvalue weighted by molar-refractivity contribution is 0.0574. The van der Waals surface area contributed by atoms with E-state index in [0.717, 1.165) is 0 Å². The quantitative estimate of drug-likeness (QED) is 0.395. The van der Waals surface area contributed by atoms with Crippen molar-refractivity contribution in [1.82, 2.24) is 24.4 Å². The first-order valence-corrected chi connectivity index (χ1v) is 11.6. The van der Waals surface area contributed by atoms with E-state index in [0.29, 0.717) is 52.0 Å². The van der Waals surface area contributed by atoms with Crippen LogP contribution in [0.15, 0.2) is 36.8 Å². The number of hydrogen-bond donors (Lipinski definition) is 0. The molecule has 6 rings (SSSR count). The summed E-state index contributed by atoms with van der Waals surface area (Å²) in [5, 5.41) is 12.9. The van der Waals surface area contributed by atoms with E-state index >= 15 is 4.39 Å². The zero-order valence-corrected chi connectivity index (χ0v) is 20.4. The number of nitrogens with zero attached hydrogens (tertiary/aromatic N) is 6. The van der Waals surface area contributed by atoms with Crippen molar-refractivity contribution in [3.8, 4) is 22.8 Å². The number of hydrogen-bond acceptors (Lipinski definition) is 7. The minimum Gasteiger partial charge on any atom is -0.493 e. The van der Waals surface area contributed by atoms with Crippen LogP contribution < -0.4 is 14.4 Å². The normalized spacial score (nSPS) is 16.9. The SMILES string of the molecule is Cn1ccc(-c2cc3c(n4cnnc24)N(C(=O)OC(C)(C)C)Cc2c(F)ccc4c2[C@H](CO4)CO3)n1. The third kappa shape index (κ3) is 3.62. The molecule has 0 fully saturated rings. The maximum absolute atomic E-state index is 15.3. The van der Waals surface area contributed by atoms with Crippen LogP contribution in [0.1, 0.15) is 37.8 Å². The molecule has 10 nitrogen and oxygen atoms in total. The third-order valence-corrected chi connectivity index (χ3v) is 6.24. The van der Waals surface area contributed by atoms with Crippen molar-refractivity contribution in [2.45, 2.75) is 38.8 Å². The van der Waals surface area contributed by atoms with Gasteiger partial charge in [0, 0.05) is 24.4 Å². The van der Waals surface area contributed by atoms with E-state index in [4.69, 9.17) is 14.2 Å². The summed E-state index contributed by atoms with van der Waals surface area (Å²) >= 11 is 0. The lowest BCUT2D eigenvalue weighted by atomic mass is 9.95. The van der Waals surface area contributed by atoms with Crippen molar-refractivity contribution in [3.05, 3.63) is 53.7 Å². The van der Waals surface area contributed by atoms with Crippen LogP contribution in [0.3, 0.4) is 0 Å². The lowest BCUT2D eigenvalue weighted by Gasteiger charge is -2.29. The minimum absolute atomic E-state index is 0.0870. The van der Waals surface area contributed by atoms with E-state index < -0.39 is 17.5 Å². The van der Waals surface area contributed by atoms with E-state index in [-0.39, 0.29) is 19.1 Å². The highest BCUT2D eigenvalue weighted by molar-refractivity contribution is 5.91. The number of carbonyl (C=O) groups excluding carboxylic acids is 1. The molecule has 2 aliphatic rings. The molecule has 36 heavy (non-hydrogen) atoms. The smallest absolute Gasteiger partial charge is 0.416 e. The van der Waals surface area contributed by atoms with E-state index in [1.54, 1.807) is 42.0 Å². The average molecular weight is 493 g/mol. The van der Waals surface area contributed by atoms with Gasteiger partial charge in [0.05, 0.1) is 36.9 Å². The molecule has 0 radical (unpaired) electrons. The fourth-order valence-corrected chi connectivity index (χ4v) is 4.72. The fraction of sp³-hybridized carbons (Fsp3) is 0.360. The Kier molecular flexibility index (Phi) is 4.92. The molecule has 0 saturated carbocycles. The molecule has 1 amide bonds. The molecule has 0 N–H and O–H groups in total. The van der Waals surface area contributed by atoms with E-state index in [1.165, 1.54) is 17.3 Å². The predicted molar refractivity (Wildman–Crippen MR) is 128 cm³/mol. The van der Waals surface area contributed by atoms with Crippen molar-refractivity contribution in [2.75, 3.05) is 18.1 Å². The number of pyridine rings is 1. The van der Waals surface area contributed by atoms with E-state index in [9.17, 15) is 4.79 Å². The fourth-order valence-electron chi connectivity index (χ4n) is 4.72. The van der Waals surface area contributed by atoms with Crippen LogP contribution in [0.2, 0.25) is 0 Å². The van der Waals surface area contributed by atoms with Gasteiger partial charge in [0.2, 0.25) is 0 Å². The zero-order valence-electron chi connectivity index (χ0n) is 20.4. The molecule has 186 valence electrons. The van der Waals surface area contributed by atoms with Crippen LogP contribution in [-0.2, 0) is 18.3 Å². The Morgan fingerprint density at radius 1 is 1.17 bits per heavy atom. The Morgan fingerprint density at radius 2 is 1.94 bits per heavy atom. The van der Waals surface area contributed by atoms with Crippen molar-refractivity contribution < 1.29 is 23.4 Å². The first-order valence-electron chi connectivity index (χ1n) is 11.6. The maximum Gasteiger partial charge on any atom is 0.416 e. The van der Waals surface area contributed by atoms with Gasteiger partial charge in [0.1, 0.15) is 23.5 Å². The molecule has 0 spiro atoms. The molecular weight excluding hydrogens is 467 g/mol. The van der Waals surface area contributed by atoms with Crippen LogP contribution in [0.25, 0.3) is 16.9 Å². The largest absolute Gasteiger partial charge is 0.493 e. The second-order valence-electron chi connectivity index (χ2n) is 9.97. The van der Waals surface area contributed by atoms with Gasteiger partial charge in [-0.2, -0.15) is 5.10 Å². The maximum atomic E-state index is 15.3. The molecule has 1 aromatic carbocycles. The number of benzene rings is 1. The summed E-state index contributed by atoms with van der Waals surface area (Å²) in [5.41, 5.74) is 2.13. The topological polar surface area (TPSA) is 96.0 Å². The van der Waals surface area contributed by atoms with Crippen molar-refractivity contribution in [3.63, 3.8) is 0 Å². The standard InChI is InChI=1S/C25H25FN6O4/c1-25(2,3)36-24(33)31-10-16-17(26)5-6-19-21(16)14(11-34-19)12-35-20-9-15(18-7-8-30(4)29-18)22-28-27-13-32(22)23(20)31/h5-9,13-14H,10-12H2,1-4H3/t14-/m1/s1. The molecule has 4 aromatic rings. The van der Waals surface area contributed by atoms with Gasteiger partial charge in [-0.3, -0.25) is 14.0 Å². The molecule has 11 heteroatoms. The Bertz CT molecular complexity index is 1500. The van der Waals surface area contributed by atoms with Crippen LogP contribution in [0.4, 0.5) is 15.0 Å². The summed E-state index contributed by atoms with van der Waals surface area (Å²) in [6.07, 6.45) is 2.68. The number of aryl methyl sites for hydroxylation is 1. The molecule has 2 aliphatic heterocycles. The van der Waals surface area contributed by atoms with Gasteiger partial charge < -0.3 is 14.2 Å². The molecule has 0 saturated heterocycles. The second kappa shape index (κ2) is 7.94. The van der Waals surface area contributed by atoms with E-state index in [1.807, 2.05) is 19.3 Å². The first kappa shape index (κ1) is 22.3. The number of anilines is 1. The highest BCUT2D eigenvalue weighted by Gasteiger charge is 2.37. The number of carbonyl (C=O) groups is 1. The highest BCUT2D eigenvalue weighted by Crippen LogP contribution is 2.43. The van der Waals surface area contributed by atoms with Crippen LogP contribution in [-0.4, -0.2) is 49.3 Å². The molecule has 3 aromatic heterocycles. The van der Waals surface area contributed by atoms with Gasteiger partial charge in [-0.15, -0.1) is 10.2 Å². The zero-order chi connectivity index (χ0) is 25.2. The average Bonchev–Trinajstić information content (AvgIpc) is 3.55. The van der Waals surface area contributed by atoms with Gasteiger partial charge in [0.25, 0.3) is 0 Å². The van der Waals surface area contributed by atoms with Gasteiger partial charge in [-0.05, 0) is 45.0 Å². The molecule has 0 bridgehead atoms. The van der Waals surface area contributed by atoms with Crippen LogP contribution in [0.5, 0.6) is 11.5 Å². The number of halogens is 1. The lowest BCUT2D eigenvalue weighted by Crippen LogP contribution is -2.38. The molecule has 0 aliphatic carbocycles. The monoisotopic (exact) mass is 492 g/mol. The Morgan fingerprint density at radius 3 is 2.67 bits per heavy atom. The van der Waals surface area contributed by atoms with Gasteiger partial charge >= 0.3 is 6.09 Å². The Hall–Kier alpha value is -4.15. The Balaban J connectivity index is 1.60. The highest BCUT2D eigenvalue weighted by atomic mass is 19.1. The number of rotatable bonds is 1. The summed E-state index contributed by atoms with van der Waals surface area (Å²) in [5.74, 6) is 0.717. The molecule has 1 atom stereocenters. The molecular formula is C25H25FN6O4. The summed E-state index contributed by atoms with van der Waals surface area (Å²) in [6.45, 7) is 5.84. The molecule has 0 unspecified atom stereocenters. The van der Waals surface area contributed by atoms with Gasteiger partial charge in [0.15, 0.2) is 17.2 Å². The third-order valence-electron chi connectivity index (χ3n) is 6.24. The molecule has 5 heterocycles. The van der Waals surface area contributed by atoms with Gasteiger partial charge in [-0.1, -0.05) is 0 Å². The van der Waals surface area contributed by atoms with E-state index in [2.05, 4.69) is 15.3 Å². The second-order valence-corrected chi connectivity index (χ2v) is 9.97. The Labute approximate surface area is 206 Å². The summed E-state index contributed by atoms with van der Waals surface area (Å²) in [7, 11) is 1.83. The minimum atomic E-state index is -0.778. The van der Waals surface area contributed by atoms with Crippen LogP contribution >= 0.6 is 0 Å². The van der Waals surface area contributed by atoms with Crippen molar-refractivity contribution >= 4 is 17.6 Å². The number of amides is 1. The first-order chi connectivity index (χ1) is 17.2. The summed E-state index contributed by atoms with van der Waals surface area (Å²) in [6, 6.07) is 6.64. The number of ether oxygens (including phenoxy) is 3.